The Labute approximate surface area is 154 Å². The third-order valence-corrected chi connectivity index (χ3v) is 4.46. The van der Waals surface area contributed by atoms with Crippen molar-refractivity contribution in [2.75, 3.05) is 44.5 Å². The summed E-state index contributed by atoms with van der Waals surface area (Å²) >= 11 is 0. The van der Waals surface area contributed by atoms with Gasteiger partial charge in [0.15, 0.2) is 11.5 Å². The van der Waals surface area contributed by atoms with E-state index in [1.165, 1.54) is 0 Å². The maximum absolute atomic E-state index is 6.07. The second-order valence-corrected chi connectivity index (χ2v) is 6.46. The fraction of sp³-hybridized carbons (Fsp3) is 0.474. The van der Waals surface area contributed by atoms with Crippen LogP contribution in [0.3, 0.4) is 0 Å². The van der Waals surface area contributed by atoms with E-state index in [0.717, 1.165) is 54.6 Å². The van der Waals surface area contributed by atoms with E-state index in [0.29, 0.717) is 18.5 Å². The van der Waals surface area contributed by atoms with Crippen LogP contribution >= 0.6 is 0 Å². The number of benzene rings is 1. The van der Waals surface area contributed by atoms with Crippen LogP contribution in [-0.2, 0) is 0 Å². The number of ether oxygens (including phenoxy) is 2. The van der Waals surface area contributed by atoms with E-state index < -0.39 is 0 Å². The summed E-state index contributed by atoms with van der Waals surface area (Å²) in [6.45, 7) is 4.76. The van der Waals surface area contributed by atoms with Crippen LogP contribution in [0.4, 0.5) is 17.5 Å². The largest absolute Gasteiger partial charge is 0.493 e. The van der Waals surface area contributed by atoms with Crippen LogP contribution in [0.15, 0.2) is 24.3 Å². The fourth-order valence-corrected chi connectivity index (χ4v) is 3.00. The number of aromatic nitrogens is 2. The number of hydrogen-bond acceptors (Lipinski definition) is 7. The van der Waals surface area contributed by atoms with Crippen molar-refractivity contribution >= 4 is 17.5 Å². The van der Waals surface area contributed by atoms with Gasteiger partial charge in [-0.05, 0) is 50.9 Å². The van der Waals surface area contributed by atoms with Crippen molar-refractivity contribution < 1.29 is 9.47 Å². The third kappa shape index (κ3) is 4.76. The Balaban J connectivity index is 1.72. The second-order valence-electron chi connectivity index (χ2n) is 6.46. The predicted octanol–water partition coefficient (Wildman–Crippen LogP) is 2.96. The normalized spacial score (nSPS) is 14.7. The Morgan fingerprint density at radius 3 is 2.69 bits per heavy atom. The zero-order chi connectivity index (χ0) is 18.4. The van der Waals surface area contributed by atoms with E-state index in [1.54, 1.807) is 7.11 Å². The average Bonchev–Trinajstić information content (AvgIpc) is 2.67. The van der Waals surface area contributed by atoms with Crippen molar-refractivity contribution in [3.05, 3.63) is 30.0 Å². The third-order valence-electron chi connectivity index (χ3n) is 4.46. The molecule has 140 valence electrons. The van der Waals surface area contributed by atoms with Gasteiger partial charge in [-0.15, -0.1) is 0 Å². The molecule has 7 nitrogen and oxygen atoms in total. The lowest BCUT2D eigenvalue weighted by atomic mass is 9.99. The molecule has 0 amide bonds. The van der Waals surface area contributed by atoms with Gasteiger partial charge in [-0.2, -0.15) is 4.98 Å². The molecule has 0 radical (unpaired) electrons. The van der Waals surface area contributed by atoms with Crippen molar-refractivity contribution in [1.82, 2.24) is 15.3 Å². The summed E-state index contributed by atoms with van der Waals surface area (Å²) < 4.78 is 11.5. The first-order valence-electron chi connectivity index (χ1n) is 9.00. The molecule has 0 unspecified atom stereocenters. The predicted molar refractivity (Wildman–Crippen MR) is 104 cm³/mol. The molecule has 3 N–H and O–H groups in total. The average molecular weight is 357 g/mol. The molecule has 7 heteroatoms. The van der Waals surface area contributed by atoms with Crippen molar-refractivity contribution in [1.29, 1.82) is 0 Å². The fourth-order valence-electron chi connectivity index (χ4n) is 3.00. The highest BCUT2D eigenvalue weighted by Gasteiger charge is 2.15. The monoisotopic (exact) mass is 357 g/mol. The molecule has 3 rings (SSSR count). The molecule has 0 atom stereocenters. The van der Waals surface area contributed by atoms with Crippen LogP contribution < -0.4 is 25.4 Å². The Morgan fingerprint density at radius 1 is 1.15 bits per heavy atom. The maximum atomic E-state index is 6.07. The van der Waals surface area contributed by atoms with Gasteiger partial charge in [0.1, 0.15) is 5.82 Å². The lowest BCUT2D eigenvalue weighted by Gasteiger charge is -2.23. The number of nitrogens with one attached hydrogen (secondary N) is 3. The Morgan fingerprint density at radius 2 is 1.96 bits per heavy atom. The highest BCUT2D eigenvalue weighted by atomic mass is 16.5. The molecule has 2 heterocycles. The van der Waals surface area contributed by atoms with Crippen molar-refractivity contribution in [2.24, 2.45) is 5.92 Å². The van der Waals surface area contributed by atoms with Crippen LogP contribution in [0.1, 0.15) is 18.5 Å². The first-order valence-corrected chi connectivity index (χ1v) is 9.00. The van der Waals surface area contributed by atoms with Crippen LogP contribution in [-0.4, -0.2) is 43.8 Å². The summed E-state index contributed by atoms with van der Waals surface area (Å²) in [7, 11) is 3.49. The Bertz CT molecular complexity index is 732. The summed E-state index contributed by atoms with van der Waals surface area (Å²) in [5.74, 6) is 3.36. The molecular weight excluding hydrogens is 330 g/mol. The highest BCUT2D eigenvalue weighted by molar-refractivity contribution is 5.60. The van der Waals surface area contributed by atoms with Gasteiger partial charge in [0.05, 0.1) is 13.7 Å². The van der Waals surface area contributed by atoms with Crippen LogP contribution in [0.25, 0.3) is 0 Å². The van der Waals surface area contributed by atoms with Gasteiger partial charge in [-0.3, -0.25) is 0 Å². The van der Waals surface area contributed by atoms with E-state index >= 15 is 0 Å². The molecule has 1 saturated heterocycles. The number of nitrogens with zero attached hydrogens (tertiary/aromatic N) is 2. The smallest absolute Gasteiger partial charge is 0.229 e. The summed E-state index contributed by atoms with van der Waals surface area (Å²) in [6, 6.07) is 7.66. The van der Waals surface area contributed by atoms with E-state index in [4.69, 9.17) is 9.47 Å². The van der Waals surface area contributed by atoms with E-state index in [9.17, 15) is 0 Å². The van der Waals surface area contributed by atoms with Crippen molar-refractivity contribution in [3.63, 3.8) is 0 Å². The standard InChI is InChI=1S/C19H27N5O2/c1-13-10-18(20-2)24-19(22-13)23-15-4-5-16(25-3)17(11-15)26-12-14-6-8-21-9-7-14/h4-5,10-11,14,21H,6-9,12H2,1-3H3,(H2,20,22,23,24). The molecule has 2 aromatic rings. The van der Waals surface area contributed by atoms with Crippen LogP contribution in [0.5, 0.6) is 11.5 Å². The van der Waals surface area contributed by atoms with Gasteiger partial charge >= 0.3 is 0 Å². The first kappa shape index (κ1) is 18.3. The molecule has 1 fully saturated rings. The number of anilines is 3. The molecule has 0 bridgehead atoms. The topological polar surface area (TPSA) is 80.3 Å². The van der Waals surface area contributed by atoms with Crippen molar-refractivity contribution in [2.45, 2.75) is 19.8 Å². The Kier molecular flexibility index (Phi) is 6.12. The molecule has 0 aliphatic carbocycles. The highest BCUT2D eigenvalue weighted by Crippen LogP contribution is 2.32. The zero-order valence-corrected chi connectivity index (χ0v) is 15.6. The molecular formula is C19H27N5O2. The Hall–Kier alpha value is -2.54. The van der Waals surface area contributed by atoms with Crippen LogP contribution in [0, 0.1) is 12.8 Å². The van der Waals surface area contributed by atoms with Crippen LogP contribution in [0.2, 0.25) is 0 Å². The number of methoxy groups -OCH3 is 1. The van der Waals surface area contributed by atoms with Gasteiger partial charge in [-0.25, -0.2) is 4.98 Å². The quantitative estimate of drug-likeness (QED) is 0.703. The van der Waals surface area contributed by atoms with Gasteiger partial charge < -0.3 is 25.4 Å². The molecule has 1 aromatic carbocycles. The van der Waals surface area contributed by atoms with E-state index in [2.05, 4.69) is 25.9 Å². The summed E-state index contributed by atoms with van der Waals surface area (Å²) in [4.78, 5) is 8.85. The second kappa shape index (κ2) is 8.71. The molecule has 1 aromatic heterocycles. The molecule has 0 saturated carbocycles. The van der Waals surface area contributed by atoms with E-state index in [1.807, 2.05) is 38.2 Å². The molecule has 1 aliphatic rings. The minimum absolute atomic E-state index is 0.545. The van der Waals surface area contributed by atoms with Gasteiger partial charge in [0, 0.05) is 30.6 Å². The van der Waals surface area contributed by atoms with Gasteiger partial charge in [0.2, 0.25) is 5.95 Å². The van der Waals surface area contributed by atoms with Gasteiger partial charge in [-0.1, -0.05) is 0 Å². The zero-order valence-electron chi connectivity index (χ0n) is 15.6. The number of rotatable bonds is 7. The minimum Gasteiger partial charge on any atom is -0.493 e. The maximum Gasteiger partial charge on any atom is 0.229 e. The van der Waals surface area contributed by atoms with Gasteiger partial charge in [0.25, 0.3) is 0 Å². The molecule has 1 aliphatic heterocycles. The molecule has 26 heavy (non-hydrogen) atoms. The number of aryl methyl sites for hydroxylation is 1. The molecule has 0 spiro atoms. The number of hydrogen-bond donors (Lipinski definition) is 3. The van der Waals surface area contributed by atoms with Crippen molar-refractivity contribution in [3.8, 4) is 11.5 Å². The summed E-state index contributed by atoms with van der Waals surface area (Å²) in [5.41, 5.74) is 1.75. The SMILES string of the molecule is CNc1cc(C)nc(Nc2ccc(OC)c(OCC3CCNCC3)c2)n1. The minimum atomic E-state index is 0.545. The van der Waals surface area contributed by atoms with E-state index in [-0.39, 0.29) is 0 Å². The number of piperidine rings is 1. The lowest BCUT2D eigenvalue weighted by Crippen LogP contribution is -2.30. The summed E-state index contributed by atoms with van der Waals surface area (Å²) in [6.07, 6.45) is 2.29. The lowest BCUT2D eigenvalue weighted by molar-refractivity contribution is 0.208. The first-order chi connectivity index (χ1) is 12.7. The summed E-state index contributed by atoms with van der Waals surface area (Å²) in [5, 5.41) is 9.66.